The summed E-state index contributed by atoms with van der Waals surface area (Å²) in [4.78, 5) is 0. The number of hydrogen-bond donors (Lipinski definition) is 0. The first-order valence-electron chi connectivity index (χ1n) is 9.18. The average molecular weight is 336 g/mol. The van der Waals surface area contributed by atoms with E-state index >= 15 is 0 Å². The Morgan fingerprint density at radius 3 is 2.76 bits per heavy atom. The van der Waals surface area contributed by atoms with E-state index in [4.69, 9.17) is 9.47 Å². The second-order valence-corrected chi connectivity index (χ2v) is 7.97. The number of aromatic nitrogens is 2. The van der Waals surface area contributed by atoms with Gasteiger partial charge < -0.3 is 9.47 Å². The maximum absolute atomic E-state index is 6.31. The van der Waals surface area contributed by atoms with Crippen LogP contribution in [0.5, 0.6) is 0 Å². The summed E-state index contributed by atoms with van der Waals surface area (Å²) in [6.07, 6.45) is 7.41. The van der Waals surface area contributed by atoms with Crippen molar-refractivity contribution < 1.29 is 9.47 Å². The molecule has 3 atom stereocenters. The normalized spacial score (nSPS) is 33.4. The van der Waals surface area contributed by atoms with Crippen LogP contribution < -0.4 is 0 Å². The van der Waals surface area contributed by atoms with Crippen LogP contribution in [-0.4, -0.2) is 28.3 Å². The van der Waals surface area contributed by atoms with E-state index in [9.17, 15) is 0 Å². The van der Waals surface area contributed by atoms with Crippen LogP contribution in [0, 0.1) is 12.3 Å². The molecule has 0 radical (unpaired) electrons. The van der Waals surface area contributed by atoms with Crippen molar-refractivity contribution in [1.29, 1.82) is 0 Å². The molecule has 5 rings (SSSR count). The number of aryl methyl sites for hydroxylation is 1. The van der Waals surface area contributed by atoms with Crippen molar-refractivity contribution in [2.75, 3.05) is 6.61 Å². The zero-order valence-corrected chi connectivity index (χ0v) is 15.1. The summed E-state index contributed by atoms with van der Waals surface area (Å²) in [5.41, 5.74) is 6.20. The Bertz CT molecular complexity index is 867. The predicted octanol–water partition coefficient (Wildman–Crippen LogP) is 4.05. The number of ether oxygens (including phenoxy) is 2. The highest BCUT2D eigenvalue weighted by molar-refractivity contribution is 5.62. The fraction of sp³-hybridized carbons (Fsp3) is 0.476. The number of benzene rings is 1. The fourth-order valence-electron chi connectivity index (χ4n) is 4.76. The van der Waals surface area contributed by atoms with Crippen LogP contribution in [0.25, 0.3) is 11.8 Å². The molecule has 2 aromatic rings. The number of hydrogen-bond acceptors (Lipinski definition) is 3. The van der Waals surface area contributed by atoms with Gasteiger partial charge in [0.25, 0.3) is 0 Å². The molecule has 130 valence electrons. The fourth-order valence-corrected chi connectivity index (χ4v) is 4.76. The van der Waals surface area contributed by atoms with Crippen molar-refractivity contribution in [3.05, 3.63) is 52.9 Å². The number of rotatable bonds is 1. The minimum atomic E-state index is -0.456. The van der Waals surface area contributed by atoms with E-state index in [1.165, 1.54) is 22.4 Å². The van der Waals surface area contributed by atoms with Crippen LogP contribution in [0.1, 0.15) is 43.5 Å². The van der Waals surface area contributed by atoms with E-state index in [1.54, 1.807) is 0 Å². The molecule has 1 spiro atoms. The summed E-state index contributed by atoms with van der Waals surface area (Å²) < 4.78 is 14.6. The molecular weight excluding hydrogens is 312 g/mol. The van der Waals surface area contributed by atoms with Crippen molar-refractivity contribution in [3.63, 3.8) is 0 Å². The molecule has 0 amide bonds. The first-order chi connectivity index (χ1) is 12.0. The van der Waals surface area contributed by atoms with E-state index in [0.29, 0.717) is 6.61 Å². The molecule has 4 nitrogen and oxygen atoms in total. The van der Waals surface area contributed by atoms with E-state index in [-0.39, 0.29) is 11.5 Å². The van der Waals surface area contributed by atoms with Gasteiger partial charge in [-0.05, 0) is 50.5 Å². The number of fused-ring (bicyclic) bond motifs is 3. The third kappa shape index (κ3) is 2.04. The summed E-state index contributed by atoms with van der Waals surface area (Å²) >= 11 is 0. The first kappa shape index (κ1) is 15.4. The van der Waals surface area contributed by atoms with E-state index < -0.39 is 5.79 Å². The maximum Gasteiger partial charge on any atom is 0.178 e. The summed E-state index contributed by atoms with van der Waals surface area (Å²) in [7, 11) is 0. The maximum atomic E-state index is 6.31. The van der Waals surface area contributed by atoms with Gasteiger partial charge in [0, 0.05) is 11.8 Å². The Morgan fingerprint density at radius 2 is 2.04 bits per heavy atom. The lowest BCUT2D eigenvalue weighted by atomic mass is 9.72. The largest absolute Gasteiger partial charge is 0.346 e. The zero-order chi connectivity index (χ0) is 17.2. The third-order valence-corrected chi connectivity index (χ3v) is 6.24. The highest BCUT2D eigenvalue weighted by atomic mass is 16.7. The van der Waals surface area contributed by atoms with E-state index in [0.717, 1.165) is 24.9 Å². The third-order valence-electron chi connectivity index (χ3n) is 6.24. The highest BCUT2D eigenvalue weighted by Gasteiger charge is 2.61. The van der Waals surface area contributed by atoms with Gasteiger partial charge in [0.05, 0.1) is 30.3 Å². The quantitative estimate of drug-likeness (QED) is 0.788. The van der Waals surface area contributed by atoms with Gasteiger partial charge in [-0.15, -0.1) is 0 Å². The summed E-state index contributed by atoms with van der Waals surface area (Å²) in [5.74, 6) is -0.456. The second kappa shape index (κ2) is 5.05. The van der Waals surface area contributed by atoms with E-state index in [1.807, 2.05) is 6.20 Å². The lowest BCUT2D eigenvalue weighted by molar-refractivity contribution is -0.216. The Balaban J connectivity index is 1.58. The molecule has 0 N–H and O–H groups in total. The van der Waals surface area contributed by atoms with Crippen LogP contribution in [0.4, 0.5) is 0 Å². The second-order valence-electron chi connectivity index (χ2n) is 7.97. The number of nitrogens with zero attached hydrogens (tertiary/aromatic N) is 2. The van der Waals surface area contributed by atoms with Gasteiger partial charge in [0.15, 0.2) is 5.79 Å². The van der Waals surface area contributed by atoms with Crippen LogP contribution in [0.15, 0.2) is 36.0 Å². The molecule has 1 saturated heterocycles. The molecule has 1 saturated carbocycles. The van der Waals surface area contributed by atoms with Gasteiger partial charge in [0.2, 0.25) is 0 Å². The van der Waals surface area contributed by atoms with Crippen molar-refractivity contribution in [2.45, 2.75) is 51.9 Å². The molecule has 2 heterocycles. The molecule has 0 unspecified atom stereocenters. The Hall–Kier alpha value is -1.91. The van der Waals surface area contributed by atoms with Gasteiger partial charge in [-0.1, -0.05) is 30.2 Å². The Morgan fingerprint density at radius 1 is 1.24 bits per heavy atom. The lowest BCUT2D eigenvalue weighted by Crippen LogP contribution is -2.46. The van der Waals surface area contributed by atoms with Gasteiger partial charge in [-0.2, -0.15) is 5.10 Å². The molecule has 1 aromatic heterocycles. The first-order valence-corrected chi connectivity index (χ1v) is 9.18. The van der Waals surface area contributed by atoms with Crippen molar-refractivity contribution in [3.8, 4) is 5.69 Å². The van der Waals surface area contributed by atoms with Crippen LogP contribution >= 0.6 is 0 Å². The van der Waals surface area contributed by atoms with E-state index in [2.05, 4.69) is 60.9 Å². The smallest absolute Gasteiger partial charge is 0.178 e. The summed E-state index contributed by atoms with van der Waals surface area (Å²) in [6.45, 7) is 7.20. The minimum Gasteiger partial charge on any atom is -0.346 e. The molecule has 1 aromatic carbocycles. The standard InChI is InChI=1S/C21H24N2O2/c1-14-4-6-18(7-5-14)23-19-10-17-8-9-21(24-13-15(2)25-21)20(17,3)11-16(19)12-22-23/h4-7,10,12,15H,8-9,11,13H2,1-3H3/t15-,20+,21-/m1/s1. The van der Waals surface area contributed by atoms with Crippen molar-refractivity contribution in [1.82, 2.24) is 9.78 Å². The van der Waals surface area contributed by atoms with Gasteiger partial charge >= 0.3 is 0 Å². The lowest BCUT2D eigenvalue weighted by Gasteiger charge is -2.41. The highest BCUT2D eigenvalue weighted by Crippen LogP contribution is 2.59. The monoisotopic (exact) mass is 336 g/mol. The van der Waals surface area contributed by atoms with Crippen molar-refractivity contribution in [2.24, 2.45) is 5.41 Å². The Kier molecular flexibility index (Phi) is 3.10. The van der Waals surface area contributed by atoms with Gasteiger partial charge in [-0.3, -0.25) is 0 Å². The molecule has 0 bridgehead atoms. The van der Waals surface area contributed by atoms with Crippen LogP contribution in [0.3, 0.4) is 0 Å². The SMILES string of the molecule is Cc1ccc(-n2ncc3c2C=C2CC[C@]4(OC[C@@H](C)O4)[C@@]2(C)C3)cc1. The molecule has 3 aliphatic rings. The molecular formula is C21H24N2O2. The average Bonchev–Trinajstić information content (AvgIpc) is 3.24. The topological polar surface area (TPSA) is 36.3 Å². The van der Waals surface area contributed by atoms with Gasteiger partial charge in [0.1, 0.15) is 0 Å². The molecule has 2 aliphatic carbocycles. The summed E-state index contributed by atoms with van der Waals surface area (Å²) in [6, 6.07) is 8.54. The molecule has 4 heteroatoms. The van der Waals surface area contributed by atoms with Gasteiger partial charge in [-0.25, -0.2) is 4.68 Å². The molecule has 25 heavy (non-hydrogen) atoms. The van der Waals surface area contributed by atoms with Crippen LogP contribution in [-0.2, 0) is 15.9 Å². The zero-order valence-electron chi connectivity index (χ0n) is 15.1. The summed E-state index contributed by atoms with van der Waals surface area (Å²) in [5, 5.41) is 4.68. The minimum absolute atomic E-state index is 0.0914. The van der Waals surface area contributed by atoms with Crippen LogP contribution in [0.2, 0.25) is 0 Å². The molecule has 2 fully saturated rings. The molecule has 1 aliphatic heterocycles. The predicted molar refractivity (Wildman–Crippen MR) is 96.6 cm³/mol. The Labute approximate surface area is 148 Å². The van der Waals surface area contributed by atoms with Crippen molar-refractivity contribution >= 4 is 6.08 Å².